The van der Waals surface area contributed by atoms with E-state index in [1.54, 1.807) is 6.92 Å². The van der Waals surface area contributed by atoms with Crippen molar-refractivity contribution in [3.8, 4) is 0 Å². The number of hydrogen-bond acceptors (Lipinski definition) is 6. The van der Waals surface area contributed by atoms with Crippen LogP contribution in [0.2, 0.25) is 0 Å². The van der Waals surface area contributed by atoms with Crippen LogP contribution in [0.1, 0.15) is 46.0 Å². The topological polar surface area (TPSA) is 206 Å². The molecule has 0 aromatic carbocycles. The first-order chi connectivity index (χ1) is 14.6. The molecule has 0 saturated carbocycles. The Morgan fingerprint density at radius 3 is 2.45 bits per heavy atom. The Balaban J connectivity index is 3.01. The smallest absolute Gasteiger partial charge is 0.326 e. The minimum absolute atomic E-state index is 0.0845. The van der Waals surface area contributed by atoms with Crippen molar-refractivity contribution in [2.24, 2.45) is 28.1 Å². The summed E-state index contributed by atoms with van der Waals surface area (Å²) in [5.41, 5.74) is 16.0. The molecule has 1 aliphatic rings. The van der Waals surface area contributed by atoms with Gasteiger partial charge in [-0.3, -0.25) is 19.4 Å². The first kappa shape index (κ1) is 26.1. The highest BCUT2D eigenvalue weighted by atomic mass is 16.4. The first-order valence-corrected chi connectivity index (χ1v) is 10.5. The third-order valence-electron chi connectivity index (χ3n) is 5.38. The second-order valence-corrected chi connectivity index (χ2v) is 7.67. The lowest BCUT2D eigenvalue weighted by Gasteiger charge is -2.30. The van der Waals surface area contributed by atoms with Crippen LogP contribution in [0, 0.1) is 5.92 Å². The van der Waals surface area contributed by atoms with Gasteiger partial charge in [0.2, 0.25) is 17.7 Å². The number of rotatable bonds is 12. The zero-order valence-electron chi connectivity index (χ0n) is 18.2. The normalized spacial score (nSPS) is 18.5. The molecule has 12 nitrogen and oxygen atoms in total. The van der Waals surface area contributed by atoms with E-state index in [9.17, 15) is 24.3 Å². The van der Waals surface area contributed by atoms with Gasteiger partial charge in [0.15, 0.2) is 5.96 Å². The van der Waals surface area contributed by atoms with Gasteiger partial charge >= 0.3 is 5.97 Å². The molecule has 1 aliphatic heterocycles. The number of amides is 3. The molecule has 0 aliphatic carbocycles. The average Bonchev–Trinajstić information content (AvgIpc) is 3.22. The standard InChI is InChI=1S/C19H35N7O5/c1-3-11(2)15(25-14(27)10-20)16(28)24-12(6-4-8-23-19(21)22)17(29)26-9-5-7-13(26)18(30)31/h11-13,15H,3-10,20H2,1-2H3,(H,24,28)(H,25,27)(H,30,31)(H4,21,22,23). The van der Waals surface area contributed by atoms with E-state index >= 15 is 0 Å². The molecule has 0 aromatic rings. The van der Waals surface area contributed by atoms with E-state index in [0.717, 1.165) is 0 Å². The molecular formula is C19H35N7O5. The number of carbonyl (C=O) groups is 4. The molecule has 4 atom stereocenters. The van der Waals surface area contributed by atoms with Crippen LogP contribution in [0.4, 0.5) is 0 Å². The van der Waals surface area contributed by atoms with Gasteiger partial charge in [-0.1, -0.05) is 20.3 Å². The quantitative estimate of drug-likeness (QED) is 0.114. The summed E-state index contributed by atoms with van der Waals surface area (Å²) in [6.07, 6.45) is 2.14. The summed E-state index contributed by atoms with van der Waals surface area (Å²) in [5.74, 6) is -2.85. The fourth-order valence-electron chi connectivity index (χ4n) is 3.44. The number of nitrogens with two attached hydrogens (primary N) is 3. The predicted molar refractivity (Wildman–Crippen MR) is 115 cm³/mol. The number of nitrogens with one attached hydrogen (secondary N) is 2. The Hall–Kier alpha value is -2.89. The molecule has 1 rings (SSSR count). The minimum Gasteiger partial charge on any atom is -0.480 e. The monoisotopic (exact) mass is 441 g/mol. The molecule has 1 heterocycles. The molecule has 1 fully saturated rings. The lowest BCUT2D eigenvalue weighted by atomic mass is 9.97. The maximum atomic E-state index is 13.1. The van der Waals surface area contributed by atoms with Crippen LogP contribution in [0.5, 0.6) is 0 Å². The van der Waals surface area contributed by atoms with Gasteiger partial charge in [-0.2, -0.15) is 0 Å². The zero-order chi connectivity index (χ0) is 23.6. The lowest BCUT2D eigenvalue weighted by Crippen LogP contribution is -2.57. The van der Waals surface area contributed by atoms with Gasteiger partial charge in [0.1, 0.15) is 18.1 Å². The molecular weight excluding hydrogens is 406 g/mol. The van der Waals surface area contributed by atoms with Gasteiger partial charge < -0.3 is 37.8 Å². The van der Waals surface area contributed by atoms with E-state index in [1.807, 2.05) is 6.92 Å². The van der Waals surface area contributed by atoms with Crippen LogP contribution in [-0.2, 0) is 19.2 Å². The van der Waals surface area contributed by atoms with Crippen molar-refractivity contribution in [1.29, 1.82) is 0 Å². The predicted octanol–water partition coefficient (Wildman–Crippen LogP) is -1.91. The van der Waals surface area contributed by atoms with E-state index in [2.05, 4.69) is 15.6 Å². The van der Waals surface area contributed by atoms with Gasteiger partial charge in [-0.15, -0.1) is 0 Å². The number of aliphatic carboxylic acids is 1. The first-order valence-electron chi connectivity index (χ1n) is 10.5. The van der Waals surface area contributed by atoms with Gasteiger partial charge in [-0.25, -0.2) is 4.79 Å². The van der Waals surface area contributed by atoms with Crippen molar-refractivity contribution in [3.63, 3.8) is 0 Å². The third-order valence-corrected chi connectivity index (χ3v) is 5.38. The largest absolute Gasteiger partial charge is 0.480 e. The molecule has 0 spiro atoms. The lowest BCUT2D eigenvalue weighted by molar-refractivity contribution is -0.149. The van der Waals surface area contributed by atoms with Crippen LogP contribution in [-0.4, -0.2) is 77.4 Å². The fraction of sp³-hybridized carbons (Fsp3) is 0.737. The van der Waals surface area contributed by atoms with Crippen LogP contribution >= 0.6 is 0 Å². The average molecular weight is 442 g/mol. The highest BCUT2D eigenvalue weighted by molar-refractivity contribution is 5.94. The summed E-state index contributed by atoms with van der Waals surface area (Å²) in [7, 11) is 0. The van der Waals surface area contributed by atoms with Gasteiger partial charge in [-0.05, 0) is 31.6 Å². The molecule has 176 valence electrons. The van der Waals surface area contributed by atoms with E-state index in [1.165, 1.54) is 4.90 Å². The van der Waals surface area contributed by atoms with Crippen molar-refractivity contribution in [1.82, 2.24) is 15.5 Å². The summed E-state index contributed by atoms with van der Waals surface area (Å²) < 4.78 is 0. The minimum atomic E-state index is -1.08. The number of carbonyl (C=O) groups excluding carboxylic acids is 3. The van der Waals surface area contributed by atoms with Crippen molar-refractivity contribution < 1.29 is 24.3 Å². The highest BCUT2D eigenvalue weighted by Gasteiger charge is 2.38. The molecule has 0 radical (unpaired) electrons. The molecule has 3 amide bonds. The Morgan fingerprint density at radius 1 is 1.23 bits per heavy atom. The molecule has 1 saturated heterocycles. The van der Waals surface area contributed by atoms with Crippen LogP contribution < -0.4 is 27.8 Å². The molecule has 0 aromatic heterocycles. The molecule has 4 unspecified atom stereocenters. The van der Waals surface area contributed by atoms with Gasteiger partial charge in [0, 0.05) is 13.1 Å². The van der Waals surface area contributed by atoms with E-state index in [4.69, 9.17) is 17.2 Å². The van der Waals surface area contributed by atoms with Gasteiger partial charge in [0.25, 0.3) is 0 Å². The Kier molecular flexibility index (Phi) is 10.7. The maximum absolute atomic E-state index is 13.1. The third kappa shape index (κ3) is 8.04. The number of guanidine groups is 1. The Morgan fingerprint density at radius 2 is 1.90 bits per heavy atom. The zero-order valence-corrected chi connectivity index (χ0v) is 18.2. The second kappa shape index (κ2) is 12.7. The second-order valence-electron chi connectivity index (χ2n) is 7.67. The number of hydrogen-bond donors (Lipinski definition) is 6. The summed E-state index contributed by atoms with van der Waals surface area (Å²) in [4.78, 5) is 54.5. The van der Waals surface area contributed by atoms with Crippen molar-refractivity contribution in [3.05, 3.63) is 0 Å². The molecule has 31 heavy (non-hydrogen) atoms. The van der Waals surface area contributed by atoms with Crippen LogP contribution in [0.25, 0.3) is 0 Å². The highest BCUT2D eigenvalue weighted by Crippen LogP contribution is 2.20. The van der Waals surface area contributed by atoms with Crippen molar-refractivity contribution in [2.45, 2.75) is 64.1 Å². The van der Waals surface area contributed by atoms with E-state index < -0.39 is 41.8 Å². The summed E-state index contributed by atoms with van der Waals surface area (Å²) >= 11 is 0. The summed E-state index contributed by atoms with van der Waals surface area (Å²) in [6, 6.07) is -2.77. The molecule has 12 heteroatoms. The van der Waals surface area contributed by atoms with Crippen molar-refractivity contribution in [2.75, 3.05) is 19.6 Å². The fourth-order valence-corrected chi connectivity index (χ4v) is 3.44. The number of likely N-dealkylation sites (tertiary alicyclic amines) is 1. The Labute approximate surface area is 182 Å². The molecule has 0 bridgehead atoms. The number of aliphatic imine (C=N–C) groups is 1. The number of carboxylic acid groups (broad SMARTS) is 1. The summed E-state index contributed by atoms with van der Waals surface area (Å²) in [5, 5.41) is 14.7. The van der Waals surface area contributed by atoms with Crippen LogP contribution in [0.15, 0.2) is 4.99 Å². The van der Waals surface area contributed by atoms with Crippen molar-refractivity contribution >= 4 is 29.7 Å². The Bertz CT molecular complexity index is 681. The number of carboxylic acids is 1. The molecule has 9 N–H and O–H groups in total. The maximum Gasteiger partial charge on any atom is 0.326 e. The summed E-state index contributed by atoms with van der Waals surface area (Å²) in [6.45, 7) is 3.96. The van der Waals surface area contributed by atoms with Gasteiger partial charge in [0.05, 0.1) is 6.54 Å². The SMILES string of the molecule is CCC(C)C(NC(=O)CN)C(=O)NC(CCCN=C(N)N)C(=O)N1CCCC1C(=O)O. The van der Waals surface area contributed by atoms with Crippen LogP contribution in [0.3, 0.4) is 0 Å². The van der Waals surface area contributed by atoms with E-state index in [-0.39, 0.29) is 31.4 Å². The number of nitrogens with zero attached hydrogens (tertiary/aromatic N) is 2. The van der Waals surface area contributed by atoms with E-state index in [0.29, 0.717) is 32.2 Å².